The van der Waals surface area contributed by atoms with Crippen LogP contribution >= 0.6 is 0 Å². The highest BCUT2D eigenvalue weighted by atomic mass is 16.5. The van der Waals surface area contributed by atoms with Crippen molar-refractivity contribution in [2.24, 2.45) is 5.73 Å². The molecule has 0 fully saturated rings. The van der Waals surface area contributed by atoms with E-state index in [1.54, 1.807) is 31.2 Å². The normalized spacial score (nSPS) is 10.9. The van der Waals surface area contributed by atoms with E-state index in [1.165, 1.54) is 0 Å². The molecule has 0 saturated heterocycles. The summed E-state index contributed by atoms with van der Waals surface area (Å²) in [5.74, 6) is 1.63. The van der Waals surface area contributed by atoms with Gasteiger partial charge in [-0.1, -0.05) is 0 Å². The maximum atomic E-state index is 13.4. The fourth-order valence-electron chi connectivity index (χ4n) is 4.37. The minimum Gasteiger partial charge on any atom is -0.494 e. The molecule has 9 heteroatoms. The molecule has 3 N–H and O–H groups in total. The zero-order chi connectivity index (χ0) is 30.2. The van der Waals surface area contributed by atoms with Crippen molar-refractivity contribution in [1.29, 1.82) is 5.41 Å². The first-order valence-electron chi connectivity index (χ1n) is 14.6. The van der Waals surface area contributed by atoms with Crippen molar-refractivity contribution in [1.82, 2.24) is 4.90 Å². The monoisotopic (exact) mass is 569 g/mol. The highest BCUT2D eigenvalue weighted by molar-refractivity contribution is 5.97. The molecule has 0 radical (unpaired) electrons. The quantitative estimate of drug-likeness (QED) is 0.0924. The Kier molecular flexibility index (Phi) is 14.6. The van der Waals surface area contributed by atoms with Crippen molar-refractivity contribution in [3.8, 4) is 17.2 Å². The van der Waals surface area contributed by atoms with Crippen LogP contribution in [0.5, 0.6) is 17.2 Å². The van der Waals surface area contributed by atoms with Crippen LogP contribution in [0.3, 0.4) is 0 Å². The van der Waals surface area contributed by atoms with Crippen LogP contribution in [0, 0.1) is 5.41 Å². The van der Waals surface area contributed by atoms with Crippen LogP contribution in [0.15, 0.2) is 42.5 Å². The first kappa shape index (κ1) is 33.5. The number of amides is 1. The number of nitrogens with two attached hydrogens (primary N) is 1. The number of hydrogen-bond acceptors (Lipinski definition) is 7. The summed E-state index contributed by atoms with van der Waals surface area (Å²) in [6.45, 7) is 11.7. The summed E-state index contributed by atoms with van der Waals surface area (Å²) in [5, 5.41) is 7.45. The number of nitrogens with one attached hydrogen (secondary N) is 1. The van der Waals surface area contributed by atoms with Gasteiger partial charge in [-0.15, -0.1) is 0 Å². The molecule has 0 aliphatic carbocycles. The van der Waals surface area contributed by atoms with Crippen LogP contribution in [0.1, 0.15) is 89.1 Å². The predicted octanol–water partition coefficient (Wildman–Crippen LogP) is 5.97. The van der Waals surface area contributed by atoms with Crippen molar-refractivity contribution >= 4 is 17.7 Å². The number of unbranched alkanes of at least 4 members (excludes halogenated alkanes) is 3. The van der Waals surface area contributed by atoms with Crippen LogP contribution < -0.4 is 19.9 Å². The minimum absolute atomic E-state index is 0.0376. The van der Waals surface area contributed by atoms with Gasteiger partial charge >= 0.3 is 5.97 Å². The summed E-state index contributed by atoms with van der Waals surface area (Å²) in [5.41, 5.74) is 6.65. The summed E-state index contributed by atoms with van der Waals surface area (Å²) in [7, 11) is 0. The fourth-order valence-corrected chi connectivity index (χ4v) is 4.37. The van der Waals surface area contributed by atoms with Gasteiger partial charge in [0, 0.05) is 30.1 Å². The summed E-state index contributed by atoms with van der Waals surface area (Å²) in [4.78, 5) is 26.9. The zero-order valence-electron chi connectivity index (χ0n) is 25.2. The van der Waals surface area contributed by atoms with Crippen molar-refractivity contribution in [3.05, 3.63) is 53.6 Å². The average Bonchev–Trinajstić information content (AvgIpc) is 2.92. The van der Waals surface area contributed by atoms with Crippen LogP contribution in [0.4, 0.5) is 0 Å². The predicted molar refractivity (Wildman–Crippen MR) is 161 cm³/mol. The Balaban J connectivity index is 1.90. The maximum absolute atomic E-state index is 13.4. The van der Waals surface area contributed by atoms with Crippen molar-refractivity contribution < 1.29 is 28.5 Å². The molecule has 0 aliphatic heterocycles. The number of benzene rings is 2. The van der Waals surface area contributed by atoms with E-state index in [0.717, 1.165) is 25.0 Å². The van der Waals surface area contributed by atoms with Crippen molar-refractivity contribution in [3.63, 3.8) is 0 Å². The lowest BCUT2D eigenvalue weighted by atomic mass is 10.1. The maximum Gasteiger partial charge on any atom is 0.305 e. The van der Waals surface area contributed by atoms with Gasteiger partial charge in [-0.3, -0.25) is 15.0 Å². The van der Waals surface area contributed by atoms with Gasteiger partial charge in [0.1, 0.15) is 23.1 Å². The van der Waals surface area contributed by atoms with E-state index in [9.17, 15) is 9.59 Å². The Morgan fingerprint density at radius 3 is 1.95 bits per heavy atom. The van der Waals surface area contributed by atoms with E-state index in [2.05, 4.69) is 0 Å². The Morgan fingerprint density at radius 2 is 1.37 bits per heavy atom. The van der Waals surface area contributed by atoms with Crippen LogP contribution in [-0.4, -0.2) is 61.1 Å². The zero-order valence-corrected chi connectivity index (χ0v) is 25.2. The second-order valence-corrected chi connectivity index (χ2v) is 10.4. The third-order valence-corrected chi connectivity index (χ3v) is 6.36. The Bertz CT molecular complexity index is 1090. The number of amidine groups is 1. The van der Waals surface area contributed by atoms with Crippen LogP contribution in [0.2, 0.25) is 0 Å². The molecule has 226 valence electrons. The van der Waals surface area contributed by atoms with Crippen LogP contribution in [-0.2, 0) is 9.53 Å². The van der Waals surface area contributed by atoms with Gasteiger partial charge in [0.2, 0.25) is 0 Å². The highest BCUT2D eigenvalue weighted by Gasteiger charge is 2.25. The smallest absolute Gasteiger partial charge is 0.305 e. The highest BCUT2D eigenvalue weighted by Crippen LogP contribution is 2.28. The number of nitrogen functional groups attached to an aromatic ring is 1. The molecule has 0 spiro atoms. The van der Waals surface area contributed by atoms with E-state index >= 15 is 0 Å². The molecular formula is C32H47N3O6. The second kappa shape index (κ2) is 17.8. The Hall–Kier alpha value is -3.75. The number of ether oxygens (including phenoxy) is 4. The number of hydrogen-bond donors (Lipinski definition) is 2. The molecule has 41 heavy (non-hydrogen) atoms. The van der Waals surface area contributed by atoms with E-state index in [1.807, 2.05) is 50.8 Å². The molecule has 0 heterocycles. The largest absolute Gasteiger partial charge is 0.494 e. The standard InChI is InChI=1S/C32H47N3O6/c1-6-38-30(36)12-8-11-21-41-29-22-27(17-18-28(29)32(37)35(23(2)3)24(4)5)40-20-10-7-9-19-39-26-15-13-25(14-16-26)31(33)34/h13-18,22-24H,6-12,19-21H2,1-5H3,(H3,33,34). The molecule has 0 aliphatic rings. The molecule has 2 aromatic carbocycles. The SMILES string of the molecule is CCOC(=O)CCCCOc1cc(OCCCCCOc2ccc(C(=N)N)cc2)ccc1C(=O)N(C(C)C)C(C)C. The third kappa shape index (κ3) is 11.7. The summed E-state index contributed by atoms with van der Waals surface area (Å²) >= 11 is 0. The number of esters is 1. The van der Waals surface area contributed by atoms with Gasteiger partial charge in [-0.2, -0.15) is 0 Å². The average molecular weight is 570 g/mol. The molecule has 2 rings (SSSR count). The molecule has 2 aromatic rings. The number of rotatable bonds is 19. The van der Waals surface area contributed by atoms with Crippen molar-refractivity contribution in [2.45, 2.75) is 85.2 Å². The molecule has 0 atom stereocenters. The lowest BCUT2D eigenvalue weighted by Gasteiger charge is -2.31. The van der Waals surface area contributed by atoms with Gasteiger partial charge in [0.05, 0.1) is 32.0 Å². The molecule has 0 aromatic heterocycles. The summed E-state index contributed by atoms with van der Waals surface area (Å²) in [6.07, 6.45) is 4.33. The molecule has 0 saturated carbocycles. The van der Waals surface area contributed by atoms with Gasteiger partial charge in [0.25, 0.3) is 5.91 Å². The number of carbonyl (C=O) groups is 2. The second-order valence-electron chi connectivity index (χ2n) is 10.4. The minimum atomic E-state index is -0.210. The molecule has 1 amide bonds. The summed E-state index contributed by atoms with van der Waals surface area (Å²) < 4.78 is 22.8. The third-order valence-electron chi connectivity index (χ3n) is 6.36. The molecular weight excluding hydrogens is 522 g/mol. The van der Waals surface area contributed by atoms with Gasteiger partial charge in [-0.25, -0.2) is 0 Å². The molecule has 0 unspecified atom stereocenters. The lowest BCUT2D eigenvalue weighted by molar-refractivity contribution is -0.143. The molecule has 9 nitrogen and oxygen atoms in total. The van der Waals surface area contributed by atoms with E-state index in [-0.39, 0.29) is 29.8 Å². The van der Waals surface area contributed by atoms with E-state index in [0.29, 0.717) is 68.3 Å². The lowest BCUT2D eigenvalue weighted by Crippen LogP contribution is -2.42. The Labute approximate surface area is 244 Å². The summed E-state index contributed by atoms with van der Waals surface area (Å²) in [6, 6.07) is 12.6. The molecule has 0 bridgehead atoms. The topological polar surface area (TPSA) is 124 Å². The van der Waals surface area contributed by atoms with Gasteiger partial charge in [-0.05, 0) is 103 Å². The van der Waals surface area contributed by atoms with Crippen LogP contribution in [0.25, 0.3) is 0 Å². The van der Waals surface area contributed by atoms with E-state index < -0.39 is 0 Å². The first-order valence-corrected chi connectivity index (χ1v) is 14.6. The van der Waals surface area contributed by atoms with E-state index in [4.69, 9.17) is 30.1 Å². The first-order chi connectivity index (χ1) is 19.6. The van der Waals surface area contributed by atoms with Gasteiger partial charge < -0.3 is 29.6 Å². The van der Waals surface area contributed by atoms with Crippen molar-refractivity contribution in [2.75, 3.05) is 26.4 Å². The fraction of sp³-hybridized carbons (Fsp3) is 0.531. The van der Waals surface area contributed by atoms with Gasteiger partial charge in [0.15, 0.2) is 0 Å². The number of carbonyl (C=O) groups excluding carboxylic acids is 2. The number of nitrogens with zero attached hydrogens (tertiary/aromatic N) is 1. The Morgan fingerprint density at radius 1 is 0.805 bits per heavy atom.